The Hall–Kier alpha value is -0.280. The van der Waals surface area contributed by atoms with E-state index in [0.29, 0.717) is 17.9 Å². The van der Waals surface area contributed by atoms with Crippen molar-refractivity contribution in [3.63, 3.8) is 0 Å². The minimum Gasteiger partial charge on any atom is -0.339 e. The van der Waals surface area contributed by atoms with Crippen molar-refractivity contribution in [1.29, 1.82) is 0 Å². The Morgan fingerprint density at radius 1 is 1.20 bits per heavy atom. The fourth-order valence-electron chi connectivity index (χ4n) is 3.55. The number of hydrogen-bond donors (Lipinski definition) is 1. The van der Waals surface area contributed by atoms with Gasteiger partial charge in [-0.3, -0.25) is 4.79 Å². The summed E-state index contributed by atoms with van der Waals surface area (Å²) in [5.41, 5.74) is 0. The van der Waals surface area contributed by atoms with Gasteiger partial charge in [-0.15, -0.1) is 12.4 Å². The molecule has 1 amide bonds. The van der Waals surface area contributed by atoms with Crippen molar-refractivity contribution in [2.45, 2.75) is 64.8 Å². The summed E-state index contributed by atoms with van der Waals surface area (Å²) in [6.07, 6.45) is 8.40. The van der Waals surface area contributed by atoms with Gasteiger partial charge in [0.05, 0.1) is 5.92 Å². The molecule has 4 heteroatoms. The lowest BCUT2D eigenvalue weighted by Gasteiger charge is -2.35. The summed E-state index contributed by atoms with van der Waals surface area (Å²) in [6, 6.07) is 0.497. The van der Waals surface area contributed by atoms with Gasteiger partial charge in [0.2, 0.25) is 5.91 Å². The van der Waals surface area contributed by atoms with E-state index in [1.165, 1.54) is 32.1 Å². The highest BCUT2D eigenvalue weighted by Crippen LogP contribution is 2.25. The Balaban J connectivity index is 0.00000200. The van der Waals surface area contributed by atoms with Gasteiger partial charge in [0.1, 0.15) is 0 Å². The molecule has 2 rings (SSSR count). The normalized spacial score (nSPS) is 27.9. The van der Waals surface area contributed by atoms with Gasteiger partial charge in [-0.2, -0.15) is 0 Å². The summed E-state index contributed by atoms with van der Waals surface area (Å²) in [6.45, 7) is 7.51. The maximum Gasteiger partial charge on any atom is 0.227 e. The summed E-state index contributed by atoms with van der Waals surface area (Å²) >= 11 is 0. The number of amides is 1. The first-order valence-electron chi connectivity index (χ1n) is 8.19. The molecule has 2 unspecified atom stereocenters. The highest BCUT2D eigenvalue weighted by Gasteiger charge is 2.31. The highest BCUT2D eigenvalue weighted by molar-refractivity contribution is 5.85. The zero-order valence-electron chi connectivity index (χ0n) is 13.1. The third-order valence-corrected chi connectivity index (χ3v) is 4.55. The van der Waals surface area contributed by atoms with Crippen LogP contribution in [0.2, 0.25) is 0 Å². The van der Waals surface area contributed by atoms with E-state index in [1.54, 1.807) is 0 Å². The fraction of sp³-hybridized carbons (Fsp3) is 0.938. The Morgan fingerprint density at radius 2 is 2.00 bits per heavy atom. The molecule has 1 N–H and O–H groups in total. The van der Waals surface area contributed by atoms with Crippen LogP contribution in [-0.2, 0) is 4.79 Å². The average Bonchev–Trinajstić information content (AvgIpc) is 2.64. The van der Waals surface area contributed by atoms with Crippen LogP contribution in [0.15, 0.2) is 0 Å². The van der Waals surface area contributed by atoms with Crippen LogP contribution in [0, 0.1) is 11.8 Å². The van der Waals surface area contributed by atoms with Crippen LogP contribution in [0.5, 0.6) is 0 Å². The number of likely N-dealkylation sites (tertiary alicyclic amines) is 1. The molecule has 2 aliphatic heterocycles. The van der Waals surface area contributed by atoms with E-state index in [0.717, 1.165) is 32.5 Å². The van der Waals surface area contributed by atoms with E-state index >= 15 is 0 Å². The van der Waals surface area contributed by atoms with Gasteiger partial charge in [0.25, 0.3) is 0 Å². The molecule has 118 valence electrons. The molecule has 3 nitrogen and oxygen atoms in total. The lowest BCUT2D eigenvalue weighted by atomic mass is 9.94. The highest BCUT2D eigenvalue weighted by atomic mass is 35.5. The summed E-state index contributed by atoms with van der Waals surface area (Å²) in [7, 11) is 0. The third-order valence-electron chi connectivity index (χ3n) is 4.55. The molecule has 0 aliphatic carbocycles. The molecule has 0 aromatic carbocycles. The molecule has 0 saturated carbocycles. The average molecular weight is 303 g/mol. The van der Waals surface area contributed by atoms with Gasteiger partial charge < -0.3 is 10.2 Å². The largest absolute Gasteiger partial charge is 0.339 e. The van der Waals surface area contributed by atoms with E-state index < -0.39 is 0 Å². The van der Waals surface area contributed by atoms with Crippen molar-refractivity contribution in [3.05, 3.63) is 0 Å². The number of carbonyl (C=O) groups excluding carboxylic acids is 1. The van der Waals surface area contributed by atoms with Crippen molar-refractivity contribution in [2.24, 2.45) is 11.8 Å². The minimum atomic E-state index is 0. The topological polar surface area (TPSA) is 32.3 Å². The van der Waals surface area contributed by atoms with Crippen molar-refractivity contribution >= 4 is 18.3 Å². The van der Waals surface area contributed by atoms with E-state index in [4.69, 9.17) is 0 Å². The van der Waals surface area contributed by atoms with E-state index in [9.17, 15) is 4.79 Å². The maximum atomic E-state index is 12.8. The van der Waals surface area contributed by atoms with E-state index in [2.05, 4.69) is 24.1 Å². The number of nitrogens with zero attached hydrogens (tertiary/aromatic N) is 1. The Morgan fingerprint density at radius 3 is 2.65 bits per heavy atom. The number of hydrogen-bond acceptors (Lipinski definition) is 2. The molecule has 0 bridgehead atoms. The molecule has 0 aromatic rings. The maximum absolute atomic E-state index is 12.8. The number of piperidine rings is 1. The molecule has 0 radical (unpaired) electrons. The molecule has 20 heavy (non-hydrogen) atoms. The van der Waals surface area contributed by atoms with Crippen LogP contribution in [0.25, 0.3) is 0 Å². The molecule has 0 spiro atoms. The molecule has 2 atom stereocenters. The second kappa shape index (κ2) is 8.89. The Kier molecular flexibility index (Phi) is 7.90. The van der Waals surface area contributed by atoms with Gasteiger partial charge >= 0.3 is 0 Å². The molecule has 2 aliphatic rings. The molecule has 2 heterocycles. The minimum absolute atomic E-state index is 0. The second-order valence-corrected chi connectivity index (χ2v) is 6.71. The number of halogens is 1. The molecule has 2 saturated heterocycles. The zero-order chi connectivity index (χ0) is 13.7. The van der Waals surface area contributed by atoms with E-state index in [1.807, 2.05) is 0 Å². The van der Waals surface area contributed by atoms with Crippen LogP contribution < -0.4 is 5.32 Å². The lowest BCUT2D eigenvalue weighted by molar-refractivity contribution is -0.138. The van der Waals surface area contributed by atoms with Crippen LogP contribution in [0.1, 0.15) is 58.8 Å². The quantitative estimate of drug-likeness (QED) is 0.868. The Bertz CT molecular complexity index is 290. The lowest BCUT2D eigenvalue weighted by Crippen LogP contribution is -2.47. The van der Waals surface area contributed by atoms with Crippen molar-refractivity contribution < 1.29 is 4.79 Å². The first kappa shape index (κ1) is 17.8. The van der Waals surface area contributed by atoms with Gasteiger partial charge in [-0.05, 0) is 44.6 Å². The zero-order valence-corrected chi connectivity index (χ0v) is 13.9. The summed E-state index contributed by atoms with van der Waals surface area (Å²) in [5, 5.41) is 3.38. The fourth-order valence-corrected chi connectivity index (χ4v) is 3.55. The predicted octanol–water partition coefficient (Wildman–Crippen LogP) is 3.23. The molecule has 2 fully saturated rings. The van der Waals surface area contributed by atoms with Crippen LogP contribution in [-0.4, -0.2) is 36.5 Å². The third kappa shape index (κ3) is 4.92. The van der Waals surface area contributed by atoms with Crippen LogP contribution >= 0.6 is 12.4 Å². The molecule has 0 aromatic heterocycles. The van der Waals surface area contributed by atoms with Gasteiger partial charge in [0.15, 0.2) is 0 Å². The summed E-state index contributed by atoms with van der Waals surface area (Å²) in [4.78, 5) is 15.0. The van der Waals surface area contributed by atoms with Crippen molar-refractivity contribution in [3.8, 4) is 0 Å². The van der Waals surface area contributed by atoms with Crippen LogP contribution in [0.4, 0.5) is 0 Å². The molecular formula is C16H31ClN2O. The predicted molar refractivity (Wildman–Crippen MR) is 86.3 cm³/mol. The SMILES string of the molecule is CC(C)CC1CCCCCN1C(=O)C1CCCNC1.Cl. The molecular weight excluding hydrogens is 272 g/mol. The number of nitrogens with one attached hydrogen (secondary N) is 1. The van der Waals surface area contributed by atoms with Crippen LogP contribution in [0.3, 0.4) is 0 Å². The summed E-state index contributed by atoms with van der Waals surface area (Å²) in [5.74, 6) is 1.35. The van der Waals surface area contributed by atoms with Gasteiger partial charge in [-0.1, -0.05) is 26.7 Å². The number of rotatable bonds is 3. The first-order chi connectivity index (χ1) is 9.18. The van der Waals surface area contributed by atoms with Crippen molar-refractivity contribution in [2.75, 3.05) is 19.6 Å². The summed E-state index contributed by atoms with van der Waals surface area (Å²) < 4.78 is 0. The van der Waals surface area contributed by atoms with Gasteiger partial charge in [-0.25, -0.2) is 0 Å². The first-order valence-corrected chi connectivity index (χ1v) is 8.19. The monoisotopic (exact) mass is 302 g/mol. The smallest absolute Gasteiger partial charge is 0.227 e. The number of carbonyl (C=O) groups is 1. The standard InChI is InChI=1S/C16H30N2O.ClH/c1-13(2)11-15-8-4-3-5-10-18(15)16(19)14-7-6-9-17-12-14;/h13-15,17H,3-12H2,1-2H3;1H. The van der Waals surface area contributed by atoms with E-state index in [-0.39, 0.29) is 18.3 Å². The Labute approximate surface area is 130 Å². The second-order valence-electron chi connectivity index (χ2n) is 6.71. The van der Waals surface area contributed by atoms with Crippen molar-refractivity contribution in [1.82, 2.24) is 10.2 Å². The van der Waals surface area contributed by atoms with Gasteiger partial charge in [0, 0.05) is 19.1 Å².